The van der Waals surface area contributed by atoms with Crippen molar-refractivity contribution in [1.82, 2.24) is 24.5 Å². The molecule has 0 radical (unpaired) electrons. The number of pyridine rings is 1. The lowest BCUT2D eigenvalue weighted by Crippen LogP contribution is -2.09. The van der Waals surface area contributed by atoms with E-state index in [1.165, 1.54) is 0 Å². The van der Waals surface area contributed by atoms with Crippen LogP contribution in [0.3, 0.4) is 0 Å². The number of benzene rings is 1. The van der Waals surface area contributed by atoms with Gasteiger partial charge in [0, 0.05) is 60.7 Å². The Kier molecular flexibility index (Phi) is 4.48. The molecule has 1 aromatic carbocycles. The van der Waals surface area contributed by atoms with Gasteiger partial charge in [0.2, 0.25) is 0 Å². The van der Waals surface area contributed by atoms with Crippen molar-refractivity contribution in [3.05, 3.63) is 64.7 Å². The zero-order valence-corrected chi connectivity index (χ0v) is 18.4. The van der Waals surface area contributed by atoms with Gasteiger partial charge in [-0.2, -0.15) is 15.5 Å². The van der Waals surface area contributed by atoms with E-state index in [-0.39, 0.29) is 6.10 Å². The standard InChI is InChI=1S/C24H23N7O/c1-13-5-6-17-18(7-13)14(2)32-21-9-15(11-27-24(21)26)22-19(10-25)28-31(4)20(22)8-16-12-30(3)29-23(16)17/h5-7,9,11-12,14H,8H2,1-4H3,(H2,26,27)/t14-/m1/s1. The quantitative estimate of drug-likeness (QED) is 0.460. The van der Waals surface area contributed by atoms with Gasteiger partial charge in [-0.1, -0.05) is 23.8 Å². The Balaban J connectivity index is 1.85. The highest BCUT2D eigenvalue weighted by molar-refractivity contribution is 5.75. The van der Waals surface area contributed by atoms with Gasteiger partial charge in [0.25, 0.3) is 0 Å². The number of nitrogens with zero attached hydrogens (tertiary/aromatic N) is 6. The molecule has 1 atom stereocenters. The molecule has 2 N–H and O–H groups in total. The largest absolute Gasteiger partial charge is 0.482 e. The highest BCUT2D eigenvalue weighted by atomic mass is 16.5. The summed E-state index contributed by atoms with van der Waals surface area (Å²) in [6.45, 7) is 4.05. The maximum atomic E-state index is 9.76. The maximum Gasteiger partial charge on any atom is 0.170 e. The van der Waals surface area contributed by atoms with E-state index in [4.69, 9.17) is 15.6 Å². The number of aryl methyl sites for hydroxylation is 3. The van der Waals surface area contributed by atoms with Crippen LogP contribution in [-0.4, -0.2) is 24.5 Å². The van der Waals surface area contributed by atoms with Crippen molar-refractivity contribution in [2.75, 3.05) is 5.73 Å². The summed E-state index contributed by atoms with van der Waals surface area (Å²) in [5.41, 5.74) is 14.0. The van der Waals surface area contributed by atoms with Crippen LogP contribution in [0.25, 0.3) is 22.4 Å². The first kappa shape index (κ1) is 19.8. The average molecular weight is 425 g/mol. The Labute approximate surface area is 185 Å². The molecule has 8 nitrogen and oxygen atoms in total. The molecule has 0 aliphatic carbocycles. The molecule has 8 heteroatoms. The second-order valence-corrected chi connectivity index (χ2v) is 8.22. The number of nitrogens with two attached hydrogens (primary N) is 1. The van der Waals surface area contributed by atoms with Crippen LogP contribution in [-0.2, 0) is 20.5 Å². The van der Waals surface area contributed by atoms with Gasteiger partial charge in [-0.3, -0.25) is 9.36 Å². The van der Waals surface area contributed by atoms with E-state index in [1.807, 2.05) is 38.0 Å². The van der Waals surface area contributed by atoms with Crippen molar-refractivity contribution in [3.63, 3.8) is 0 Å². The number of rotatable bonds is 0. The van der Waals surface area contributed by atoms with Crippen molar-refractivity contribution in [2.24, 2.45) is 14.1 Å². The van der Waals surface area contributed by atoms with Crippen LogP contribution in [0, 0.1) is 18.3 Å². The molecule has 2 bridgehead atoms. The molecule has 0 spiro atoms. The lowest BCUT2D eigenvalue weighted by atomic mass is 9.93. The third kappa shape index (κ3) is 3.10. The molecule has 4 heterocycles. The molecular weight excluding hydrogens is 402 g/mol. The number of hydrogen-bond acceptors (Lipinski definition) is 6. The first-order valence-electron chi connectivity index (χ1n) is 10.4. The zero-order chi connectivity index (χ0) is 22.6. The number of nitrogen functional groups attached to an aromatic ring is 1. The summed E-state index contributed by atoms with van der Waals surface area (Å²) in [4.78, 5) is 4.36. The van der Waals surface area contributed by atoms with E-state index in [1.54, 1.807) is 10.9 Å². The number of ether oxygens (including phenoxy) is 1. The minimum Gasteiger partial charge on any atom is -0.482 e. The monoisotopic (exact) mass is 425 g/mol. The molecule has 1 aliphatic heterocycles. The number of fused-ring (bicyclic) bond motifs is 7. The van der Waals surface area contributed by atoms with Crippen LogP contribution in [0.2, 0.25) is 0 Å². The van der Waals surface area contributed by atoms with E-state index in [0.717, 1.165) is 44.8 Å². The highest BCUT2D eigenvalue weighted by Gasteiger charge is 2.25. The maximum absolute atomic E-state index is 9.76. The van der Waals surface area contributed by atoms with E-state index in [9.17, 15) is 5.26 Å². The lowest BCUT2D eigenvalue weighted by molar-refractivity contribution is 0.228. The summed E-state index contributed by atoms with van der Waals surface area (Å²) in [6, 6.07) is 10.4. The van der Waals surface area contributed by atoms with Gasteiger partial charge in [-0.05, 0) is 19.9 Å². The zero-order valence-electron chi connectivity index (χ0n) is 18.4. The van der Waals surface area contributed by atoms with Gasteiger partial charge in [0.05, 0.1) is 11.4 Å². The van der Waals surface area contributed by atoms with Crippen molar-refractivity contribution >= 4 is 5.82 Å². The van der Waals surface area contributed by atoms with E-state index < -0.39 is 0 Å². The Morgan fingerprint density at radius 3 is 2.81 bits per heavy atom. The number of hydrogen-bond donors (Lipinski definition) is 1. The fourth-order valence-corrected chi connectivity index (χ4v) is 4.39. The molecule has 0 saturated heterocycles. The Morgan fingerprint density at radius 2 is 2.03 bits per heavy atom. The predicted octanol–water partition coefficient (Wildman–Crippen LogP) is 3.69. The third-order valence-electron chi connectivity index (χ3n) is 5.91. The van der Waals surface area contributed by atoms with Crippen molar-refractivity contribution in [1.29, 1.82) is 5.26 Å². The molecule has 0 saturated carbocycles. The fraction of sp³-hybridized carbons (Fsp3) is 0.250. The van der Waals surface area contributed by atoms with Crippen LogP contribution >= 0.6 is 0 Å². The third-order valence-corrected chi connectivity index (χ3v) is 5.91. The van der Waals surface area contributed by atoms with Gasteiger partial charge in [0.1, 0.15) is 12.2 Å². The summed E-state index contributed by atoms with van der Waals surface area (Å²) in [5, 5.41) is 19.0. The number of anilines is 1. The summed E-state index contributed by atoms with van der Waals surface area (Å²) in [7, 11) is 3.76. The summed E-state index contributed by atoms with van der Waals surface area (Å²) < 4.78 is 9.90. The van der Waals surface area contributed by atoms with Crippen LogP contribution < -0.4 is 10.5 Å². The molecule has 5 rings (SSSR count). The Hall–Kier alpha value is -4.12. The first-order chi connectivity index (χ1) is 15.4. The highest BCUT2D eigenvalue weighted by Crippen LogP contribution is 2.39. The molecule has 1 aliphatic rings. The molecule has 32 heavy (non-hydrogen) atoms. The molecule has 0 fully saturated rings. The predicted molar refractivity (Wildman–Crippen MR) is 121 cm³/mol. The minimum absolute atomic E-state index is 0.290. The van der Waals surface area contributed by atoms with Crippen LogP contribution in [0.15, 0.2) is 36.7 Å². The molecule has 160 valence electrons. The molecule has 4 aromatic rings. The fourth-order valence-electron chi connectivity index (χ4n) is 4.39. The second kappa shape index (κ2) is 7.24. The van der Waals surface area contributed by atoms with Gasteiger partial charge in [-0.25, -0.2) is 4.98 Å². The Bertz CT molecular complexity index is 1410. The SMILES string of the molecule is Cc1ccc2c(c1)[C@@H](C)Oc1cc(cnc1N)-c1c(C#N)nn(C)c1Cc1cn(C)nc1-2. The molecular formula is C24H23N7O. The molecule has 3 aromatic heterocycles. The molecule has 0 amide bonds. The van der Waals surface area contributed by atoms with Crippen LogP contribution in [0.4, 0.5) is 5.82 Å². The van der Waals surface area contributed by atoms with E-state index in [2.05, 4.69) is 41.3 Å². The van der Waals surface area contributed by atoms with Gasteiger partial charge in [-0.15, -0.1) is 0 Å². The lowest BCUT2D eigenvalue weighted by Gasteiger charge is -2.21. The summed E-state index contributed by atoms with van der Waals surface area (Å²) >= 11 is 0. The minimum atomic E-state index is -0.290. The summed E-state index contributed by atoms with van der Waals surface area (Å²) in [6.07, 6.45) is 3.96. The van der Waals surface area contributed by atoms with Gasteiger partial charge in [0.15, 0.2) is 17.3 Å². The van der Waals surface area contributed by atoms with E-state index >= 15 is 0 Å². The second-order valence-electron chi connectivity index (χ2n) is 8.22. The smallest absolute Gasteiger partial charge is 0.170 e. The van der Waals surface area contributed by atoms with Crippen molar-refractivity contribution < 1.29 is 4.74 Å². The van der Waals surface area contributed by atoms with Crippen LogP contribution in [0.5, 0.6) is 5.75 Å². The Morgan fingerprint density at radius 1 is 1.22 bits per heavy atom. The van der Waals surface area contributed by atoms with Crippen molar-refractivity contribution in [2.45, 2.75) is 26.4 Å². The van der Waals surface area contributed by atoms with Gasteiger partial charge >= 0.3 is 0 Å². The molecule has 0 unspecified atom stereocenters. The topological polar surface area (TPSA) is 108 Å². The average Bonchev–Trinajstić information content (AvgIpc) is 3.28. The van der Waals surface area contributed by atoms with Gasteiger partial charge < -0.3 is 10.5 Å². The summed E-state index contributed by atoms with van der Waals surface area (Å²) in [5.74, 6) is 0.775. The normalized spacial score (nSPS) is 14.8. The van der Waals surface area contributed by atoms with Crippen LogP contribution in [0.1, 0.15) is 41.1 Å². The first-order valence-corrected chi connectivity index (χ1v) is 10.4. The van der Waals surface area contributed by atoms with E-state index in [0.29, 0.717) is 23.7 Å². The number of aromatic nitrogens is 5. The van der Waals surface area contributed by atoms with Crippen molar-refractivity contribution in [3.8, 4) is 34.2 Å². The number of nitriles is 1.